The first-order chi connectivity index (χ1) is 19.3. The van der Waals surface area contributed by atoms with Crippen LogP contribution in [0.4, 0.5) is 0 Å². The largest absolute Gasteiger partial charge is 0.469 e. The van der Waals surface area contributed by atoms with Crippen LogP contribution in [0.25, 0.3) is 0 Å². The topological polar surface area (TPSA) is 113 Å². The van der Waals surface area contributed by atoms with E-state index in [1.807, 2.05) is 26.0 Å². The lowest BCUT2D eigenvalue weighted by Gasteiger charge is -2.38. The number of ketones is 1. The van der Waals surface area contributed by atoms with Crippen molar-refractivity contribution in [2.45, 2.75) is 122 Å². The fourth-order valence-electron chi connectivity index (χ4n) is 7.95. The zero-order chi connectivity index (χ0) is 28.4. The Morgan fingerprint density at radius 1 is 0.925 bits per heavy atom. The number of allylic oxidation sites excluding steroid dienone is 4. The Hall–Kier alpha value is -1.96. The summed E-state index contributed by atoms with van der Waals surface area (Å²) in [5, 5.41) is 31.5. The highest BCUT2D eigenvalue weighted by molar-refractivity contribution is 6.03. The summed E-state index contributed by atoms with van der Waals surface area (Å²) in [4.78, 5) is 26.9. The van der Waals surface area contributed by atoms with Crippen molar-refractivity contribution in [2.75, 3.05) is 0 Å². The Bertz CT molecular complexity index is 1010. The van der Waals surface area contributed by atoms with Gasteiger partial charge >= 0.3 is 5.97 Å². The summed E-state index contributed by atoms with van der Waals surface area (Å²) in [5.41, 5.74) is 1.76. The molecule has 40 heavy (non-hydrogen) atoms. The van der Waals surface area contributed by atoms with Gasteiger partial charge in [-0.1, -0.05) is 26.0 Å². The molecule has 0 heterocycles. The maximum atomic E-state index is 13.7. The van der Waals surface area contributed by atoms with Gasteiger partial charge in [0, 0.05) is 12.3 Å². The van der Waals surface area contributed by atoms with Crippen molar-refractivity contribution in [3.05, 3.63) is 35.1 Å². The SMILES string of the molecule is CCC(O)C1CCC(C(=O)OC2CC=C(OC(O)C3CCC(C(O)CC)CC3)C3C4=C(CCC=C4)C(=O)C23)CC1. The second-order valence-electron chi connectivity index (χ2n) is 12.8. The highest BCUT2D eigenvalue weighted by Crippen LogP contribution is 2.49. The van der Waals surface area contributed by atoms with Gasteiger partial charge in [-0.2, -0.15) is 0 Å². The monoisotopic (exact) mass is 556 g/mol. The van der Waals surface area contributed by atoms with E-state index in [1.54, 1.807) is 0 Å². The number of carbonyl (C=O) groups is 2. The van der Waals surface area contributed by atoms with Crippen LogP contribution in [0.15, 0.2) is 35.1 Å². The van der Waals surface area contributed by atoms with Crippen molar-refractivity contribution in [1.82, 2.24) is 0 Å². The number of Topliss-reactive ketones (excluding diaryl/α,β-unsaturated/α-hetero) is 1. The molecular weight excluding hydrogens is 508 g/mol. The maximum absolute atomic E-state index is 13.7. The molecule has 0 aliphatic heterocycles. The smallest absolute Gasteiger partial charge is 0.309 e. The number of aliphatic hydroxyl groups excluding tert-OH is 3. The van der Waals surface area contributed by atoms with Gasteiger partial charge < -0.3 is 24.8 Å². The van der Waals surface area contributed by atoms with Gasteiger partial charge in [-0.15, -0.1) is 0 Å². The van der Waals surface area contributed by atoms with Crippen LogP contribution < -0.4 is 0 Å². The second kappa shape index (κ2) is 12.9. The number of ether oxygens (including phenoxy) is 2. The summed E-state index contributed by atoms with van der Waals surface area (Å²) in [7, 11) is 0. The molecule has 0 aromatic carbocycles. The summed E-state index contributed by atoms with van der Waals surface area (Å²) in [5.74, 6) is -0.0907. The summed E-state index contributed by atoms with van der Waals surface area (Å²) >= 11 is 0. The number of aliphatic hydroxyl groups is 3. The van der Waals surface area contributed by atoms with E-state index in [-0.39, 0.29) is 53.6 Å². The molecule has 6 atom stereocenters. The van der Waals surface area contributed by atoms with E-state index in [4.69, 9.17) is 9.47 Å². The third kappa shape index (κ3) is 5.98. The Balaban J connectivity index is 1.26. The van der Waals surface area contributed by atoms with Crippen LogP contribution in [0.2, 0.25) is 0 Å². The molecule has 5 rings (SSSR count). The van der Waals surface area contributed by atoms with E-state index in [2.05, 4.69) is 6.08 Å². The van der Waals surface area contributed by atoms with E-state index < -0.39 is 18.3 Å². The van der Waals surface area contributed by atoms with Crippen molar-refractivity contribution >= 4 is 11.8 Å². The first kappa shape index (κ1) is 29.5. The molecule has 0 aromatic rings. The fourth-order valence-corrected chi connectivity index (χ4v) is 7.95. The molecule has 0 bridgehead atoms. The Morgan fingerprint density at radius 2 is 1.52 bits per heavy atom. The molecule has 222 valence electrons. The molecule has 0 spiro atoms. The van der Waals surface area contributed by atoms with E-state index in [0.29, 0.717) is 31.4 Å². The van der Waals surface area contributed by atoms with E-state index in [1.165, 1.54) is 0 Å². The number of fused-ring (bicyclic) bond motifs is 2. The first-order valence-electron chi connectivity index (χ1n) is 15.9. The number of hydrogen-bond acceptors (Lipinski definition) is 7. The summed E-state index contributed by atoms with van der Waals surface area (Å²) < 4.78 is 12.3. The van der Waals surface area contributed by atoms with Gasteiger partial charge in [0.05, 0.1) is 30.0 Å². The van der Waals surface area contributed by atoms with Gasteiger partial charge in [0.15, 0.2) is 12.1 Å². The van der Waals surface area contributed by atoms with Crippen LogP contribution in [-0.4, -0.2) is 51.7 Å². The van der Waals surface area contributed by atoms with Gasteiger partial charge in [-0.25, -0.2) is 0 Å². The minimum absolute atomic E-state index is 0.0102. The summed E-state index contributed by atoms with van der Waals surface area (Å²) in [6.07, 6.45) is 13.7. The lowest BCUT2D eigenvalue weighted by Crippen LogP contribution is -2.41. The second-order valence-corrected chi connectivity index (χ2v) is 12.8. The molecule has 5 aliphatic rings. The predicted molar refractivity (Wildman–Crippen MR) is 151 cm³/mol. The lowest BCUT2D eigenvalue weighted by molar-refractivity contribution is -0.163. The first-order valence-corrected chi connectivity index (χ1v) is 15.9. The van der Waals surface area contributed by atoms with Gasteiger partial charge in [-0.3, -0.25) is 9.59 Å². The summed E-state index contributed by atoms with van der Waals surface area (Å²) in [6.45, 7) is 3.99. The number of hydrogen-bond donors (Lipinski definition) is 3. The van der Waals surface area contributed by atoms with Gasteiger partial charge in [-0.05, 0) is 106 Å². The quantitative estimate of drug-likeness (QED) is 0.266. The normalized spacial score (nSPS) is 36.3. The van der Waals surface area contributed by atoms with Crippen molar-refractivity contribution in [2.24, 2.45) is 35.5 Å². The van der Waals surface area contributed by atoms with E-state index in [9.17, 15) is 24.9 Å². The highest BCUT2D eigenvalue weighted by Gasteiger charge is 2.51. The van der Waals surface area contributed by atoms with Crippen LogP contribution in [0.3, 0.4) is 0 Å². The van der Waals surface area contributed by atoms with Crippen molar-refractivity contribution in [3.8, 4) is 0 Å². The minimum Gasteiger partial charge on any atom is -0.469 e. The van der Waals surface area contributed by atoms with E-state index >= 15 is 0 Å². The fraction of sp³-hybridized carbons (Fsp3) is 0.758. The third-order valence-electron chi connectivity index (χ3n) is 10.5. The average Bonchev–Trinajstić information content (AvgIpc) is 3.30. The molecule has 2 saturated carbocycles. The zero-order valence-corrected chi connectivity index (χ0v) is 24.2. The van der Waals surface area contributed by atoms with Crippen molar-refractivity contribution in [1.29, 1.82) is 0 Å². The Labute approximate surface area is 238 Å². The van der Waals surface area contributed by atoms with Crippen molar-refractivity contribution in [3.63, 3.8) is 0 Å². The third-order valence-corrected chi connectivity index (χ3v) is 10.5. The number of esters is 1. The molecule has 0 amide bonds. The Kier molecular flexibility index (Phi) is 9.53. The van der Waals surface area contributed by atoms with Gasteiger partial charge in [0.1, 0.15) is 11.9 Å². The lowest BCUT2D eigenvalue weighted by atomic mass is 9.77. The Morgan fingerprint density at radius 3 is 2.15 bits per heavy atom. The molecule has 6 unspecified atom stereocenters. The van der Waals surface area contributed by atoms with Crippen LogP contribution in [0, 0.1) is 35.5 Å². The minimum atomic E-state index is -0.966. The molecule has 3 N–H and O–H groups in total. The molecule has 7 heteroatoms. The van der Waals surface area contributed by atoms with Crippen LogP contribution in [0.1, 0.15) is 97.3 Å². The predicted octanol–water partition coefficient (Wildman–Crippen LogP) is 5.14. The molecule has 5 aliphatic carbocycles. The van der Waals surface area contributed by atoms with E-state index in [0.717, 1.165) is 68.9 Å². The molecule has 2 fully saturated rings. The number of rotatable bonds is 9. The van der Waals surface area contributed by atoms with Gasteiger partial charge in [0.25, 0.3) is 0 Å². The highest BCUT2D eigenvalue weighted by atomic mass is 16.6. The molecule has 0 radical (unpaired) electrons. The van der Waals surface area contributed by atoms with Crippen LogP contribution in [0.5, 0.6) is 0 Å². The molecule has 0 saturated heterocycles. The summed E-state index contributed by atoms with van der Waals surface area (Å²) in [6, 6.07) is 0. The zero-order valence-electron chi connectivity index (χ0n) is 24.2. The maximum Gasteiger partial charge on any atom is 0.309 e. The standard InChI is InChI=1S/C33H48O7/c1-3-25(34)19-9-13-21(14-10-19)32(37)39-27-17-18-28(30-29(27)23-7-5-6-8-24(23)31(30)36)40-33(38)22-15-11-20(12-16-22)26(35)4-2/h5,7,17,19-22,25-26,28-30,32,34-35,37H,3-4,6,8-16,18H2,1-2H3. The number of carbonyl (C=O) groups excluding carboxylic acids is 2. The molecule has 7 nitrogen and oxygen atoms in total. The molecular formula is C33H48O7. The van der Waals surface area contributed by atoms with Crippen LogP contribution in [-0.2, 0) is 19.1 Å². The average molecular weight is 557 g/mol. The van der Waals surface area contributed by atoms with Gasteiger partial charge in [0.2, 0.25) is 0 Å². The molecule has 0 aromatic heterocycles. The van der Waals surface area contributed by atoms with Crippen molar-refractivity contribution < 1.29 is 34.4 Å². The van der Waals surface area contributed by atoms with Crippen LogP contribution >= 0.6 is 0 Å².